The minimum atomic E-state index is -0.921. The first-order valence-corrected chi connectivity index (χ1v) is 6.60. The second kappa shape index (κ2) is 6.19. The van der Waals surface area contributed by atoms with Gasteiger partial charge in [0.25, 0.3) is 0 Å². The second-order valence-electron chi connectivity index (χ2n) is 5.09. The van der Waals surface area contributed by atoms with E-state index < -0.39 is 5.97 Å². The lowest BCUT2D eigenvalue weighted by atomic mass is 10.0. The van der Waals surface area contributed by atoms with Crippen molar-refractivity contribution in [2.75, 3.05) is 11.9 Å². The van der Waals surface area contributed by atoms with Crippen molar-refractivity contribution in [1.82, 2.24) is 4.98 Å². The zero-order valence-corrected chi connectivity index (χ0v) is 11.6. The molecule has 104 valence electrons. The van der Waals surface area contributed by atoms with E-state index in [2.05, 4.69) is 24.1 Å². The Morgan fingerprint density at radius 2 is 2.05 bits per heavy atom. The molecular formula is C16H18N2O2. The van der Waals surface area contributed by atoms with Crippen molar-refractivity contribution in [3.8, 4) is 11.1 Å². The van der Waals surface area contributed by atoms with Gasteiger partial charge in [0.2, 0.25) is 0 Å². The SMILES string of the molecule is CC(C)CNc1ccc(-c2cccc(C(=O)O)c2)cn1. The van der Waals surface area contributed by atoms with Gasteiger partial charge in [-0.15, -0.1) is 0 Å². The molecule has 4 nitrogen and oxygen atoms in total. The Bertz CT molecular complexity index is 592. The molecule has 0 bridgehead atoms. The zero-order valence-electron chi connectivity index (χ0n) is 11.6. The van der Waals surface area contributed by atoms with E-state index in [0.717, 1.165) is 23.5 Å². The van der Waals surface area contributed by atoms with Gasteiger partial charge in [-0.1, -0.05) is 26.0 Å². The number of rotatable bonds is 5. The molecule has 0 unspecified atom stereocenters. The number of carbonyl (C=O) groups is 1. The molecule has 0 aliphatic rings. The number of nitrogens with zero attached hydrogens (tertiary/aromatic N) is 1. The highest BCUT2D eigenvalue weighted by Crippen LogP contribution is 2.21. The molecule has 0 aliphatic carbocycles. The van der Waals surface area contributed by atoms with Gasteiger partial charge in [0.15, 0.2) is 0 Å². The summed E-state index contributed by atoms with van der Waals surface area (Å²) in [5, 5.41) is 12.2. The molecule has 0 amide bonds. The average Bonchev–Trinajstić information content (AvgIpc) is 2.46. The number of anilines is 1. The van der Waals surface area contributed by atoms with Crippen LogP contribution in [0.1, 0.15) is 24.2 Å². The van der Waals surface area contributed by atoms with Crippen molar-refractivity contribution >= 4 is 11.8 Å². The molecule has 20 heavy (non-hydrogen) atoms. The minimum absolute atomic E-state index is 0.282. The highest BCUT2D eigenvalue weighted by molar-refractivity contribution is 5.89. The van der Waals surface area contributed by atoms with Crippen LogP contribution in [0.4, 0.5) is 5.82 Å². The molecule has 0 radical (unpaired) electrons. The van der Waals surface area contributed by atoms with Crippen LogP contribution in [0.15, 0.2) is 42.6 Å². The first-order chi connectivity index (χ1) is 9.56. The van der Waals surface area contributed by atoms with Crippen LogP contribution in [0.5, 0.6) is 0 Å². The maximum atomic E-state index is 11.0. The molecule has 1 aromatic heterocycles. The average molecular weight is 270 g/mol. The van der Waals surface area contributed by atoms with Crippen LogP contribution in [0, 0.1) is 5.92 Å². The van der Waals surface area contributed by atoms with E-state index in [1.54, 1.807) is 24.4 Å². The van der Waals surface area contributed by atoms with Gasteiger partial charge in [0.1, 0.15) is 5.82 Å². The molecule has 2 rings (SSSR count). The summed E-state index contributed by atoms with van der Waals surface area (Å²) < 4.78 is 0. The predicted octanol–water partition coefficient (Wildman–Crippen LogP) is 3.51. The van der Waals surface area contributed by atoms with Crippen LogP contribution >= 0.6 is 0 Å². The van der Waals surface area contributed by atoms with Crippen molar-refractivity contribution in [2.24, 2.45) is 5.92 Å². The van der Waals surface area contributed by atoms with Gasteiger partial charge in [-0.25, -0.2) is 9.78 Å². The predicted molar refractivity (Wildman–Crippen MR) is 80.0 cm³/mol. The highest BCUT2D eigenvalue weighted by Gasteiger charge is 2.05. The number of carboxylic acid groups (broad SMARTS) is 1. The summed E-state index contributed by atoms with van der Waals surface area (Å²) >= 11 is 0. The minimum Gasteiger partial charge on any atom is -0.478 e. The van der Waals surface area contributed by atoms with Gasteiger partial charge in [-0.3, -0.25) is 0 Å². The van der Waals surface area contributed by atoms with E-state index >= 15 is 0 Å². The van der Waals surface area contributed by atoms with Crippen molar-refractivity contribution < 1.29 is 9.90 Å². The number of nitrogens with one attached hydrogen (secondary N) is 1. The molecule has 0 aliphatic heterocycles. The fraction of sp³-hybridized carbons (Fsp3) is 0.250. The zero-order chi connectivity index (χ0) is 14.5. The largest absolute Gasteiger partial charge is 0.478 e. The van der Waals surface area contributed by atoms with Crippen LogP contribution < -0.4 is 5.32 Å². The van der Waals surface area contributed by atoms with Gasteiger partial charge in [0.05, 0.1) is 5.56 Å². The fourth-order valence-corrected chi connectivity index (χ4v) is 1.81. The Labute approximate surface area is 118 Å². The molecule has 1 heterocycles. The fourth-order valence-electron chi connectivity index (χ4n) is 1.81. The smallest absolute Gasteiger partial charge is 0.335 e. The molecule has 0 saturated heterocycles. The Hall–Kier alpha value is -2.36. The summed E-state index contributed by atoms with van der Waals surface area (Å²) in [6, 6.07) is 10.7. The van der Waals surface area contributed by atoms with E-state index in [-0.39, 0.29) is 5.56 Å². The number of hydrogen-bond donors (Lipinski definition) is 2. The summed E-state index contributed by atoms with van der Waals surface area (Å²) in [6.45, 7) is 5.15. The molecule has 2 N–H and O–H groups in total. The quantitative estimate of drug-likeness (QED) is 0.872. The summed E-state index contributed by atoms with van der Waals surface area (Å²) in [4.78, 5) is 15.3. The Kier molecular flexibility index (Phi) is 4.35. The van der Waals surface area contributed by atoms with Gasteiger partial charge in [0, 0.05) is 18.3 Å². The number of aromatic carboxylic acids is 1. The van der Waals surface area contributed by atoms with Crippen molar-refractivity contribution in [1.29, 1.82) is 0 Å². The Balaban J connectivity index is 2.17. The summed E-state index contributed by atoms with van der Waals surface area (Å²) in [6.07, 6.45) is 1.75. The number of carboxylic acids is 1. The number of pyridine rings is 1. The van der Waals surface area contributed by atoms with Crippen molar-refractivity contribution in [3.05, 3.63) is 48.2 Å². The molecule has 0 spiro atoms. The van der Waals surface area contributed by atoms with Crippen LogP contribution in [-0.4, -0.2) is 22.6 Å². The van der Waals surface area contributed by atoms with Crippen molar-refractivity contribution in [2.45, 2.75) is 13.8 Å². The molecule has 0 saturated carbocycles. The van der Waals surface area contributed by atoms with Gasteiger partial charge in [-0.2, -0.15) is 0 Å². The van der Waals surface area contributed by atoms with Crippen molar-refractivity contribution in [3.63, 3.8) is 0 Å². The first-order valence-electron chi connectivity index (χ1n) is 6.60. The number of benzene rings is 1. The topological polar surface area (TPSA) is 62.2 Å². The lowest BCUT2D eigenvalue weighted by Gasteiger charge is -2.09. The summed E-state index contributed by atoms with van der Waals surface area (Å²) in [5.41, 5.74) is 2.04. The lowest BCUT2D eigenvalue weighted by Crippen LogP contribution is -2.08. The molecule has 0 fully saturated rings. The first kappa shape index (κ1) is 14.1. The third-order valence-electron chi connectivity index (χ3n) is 2.90. The van der Waals surface area contributed by atoms with Crippen LogP contribution in [0.25, 0.3) is 11.1 Å². The monoisotopic (exact) mass is 270 g/mol. The maximum Gasteiger partial charge on any atom is 0.335 e. The van der Waals surface area contributed by atoms with E-state index in [1.807, 2.05) is 18.2 Å². The van der Waals surface area contributed by atoms with Crippen LogP contribution in [-0.2, 0) is 0 Å². The standard InChI is InChI=1S/C16H18N2O2/c1-11(2)9-17-15-7-6-14(10-18-15)12-4-3-5-13(8-12)16(19)20/h3-8,10-11H,9H2,1-2H3,(H,17,18)(H,19,20). The van der Waals surface area contributed by atoms with E-state index in [4.69, 9.17) is 5.11 Å². The normalized spacial score (nSPS) is 10.6. The molecule has 1 aromatic carbocycles. The number of hydrogen-bond acceptors (Lipinski definition) is 3. The lowest BCUT2D eigenvalue weighted by molar-refractivity contribution is 0.0697. The molecule has 4 heteroatoms. The molecule has 2 aromatic rings. The summed E-state index contributed by atoms with van der Waals surface area (Å²) in [7, 11) is 0. The number of aromatic nitrogens is 1. The Morgan fingerprint density at radius 1 is 1.25 bits per heavy atom. The summed E-state index contributed by atoms with van der Waals surface area (Å²) in [5.74, 6) is 0.468. The van der Waals surface area contributed by atoms with Gasteiger partial charge in [-0.05, 0) is 35.7 Å². The van der Waals surface area contributed by atoms with E-state index in [0.29, 0.717) is 5.92 Å². The van der Waals surface area contributed by atoms with Gasteiger partial charge >= 0.3 is 5.97 Å². The van der Waals surface area contributed by atoms with Crippen LogP contribution in [0.2, 0.25) is 0 Å². The van der Waals surface area contributed by atoms with Gasteiger partial charge < -0.3 is 10.4 Å². The van der Waals surface area contributed by atoms with E-state index in [1.165, 1.54) is 0 Å². The molecular weight excluding hydrogens is 252 g/mol. The maximum absolute atomic E-state index is 11.0. The van der Waals surface area contributed by atoms with E-state index in [9.17, 15) is 4.79 Å². The molecule has 0 atom stereocenters. The highest BCUT2D eigenvalue weighted by atomic mass is 16.4. The third-order valence-corrected chi connectivity index (χ3v) is 2.90. The third kappa shape index (κ3) is 3.57. The second-order valence-corrected chi connectivity index (χ2v) is 5.09. The Morgan fingerprint density at radius 3 is 2.65 bits per heavy atom. The van der Waals surface area contributed by atoms with Crippen LogP contribution in [0.3, 0.4) is 0 Å².